The lowest BCUT2D eigenvalue weighted by molar-refractivity contribution is 0.0944. The highest BCUT2D eigenvalue weighted by molar-refractivity contribution is 5.94. The summed E-state index contributed by atoms with van der Waals surface area (Å²) in [6.45, 7) is 2.74. The quantitative estimate of drug-likeness (QED) is 0.828. The summed E-state index contributed by atoms with van der Waals surface area (Å²) in [4.78, 5) is 20.3. The lowest BCUT2D eigenvalue weighted by Gasteiger charge is -2.22. The summed E-state index contributed by atoms with van der Waals surface area (Å²) in [5, 5.41) is 6.35. The summed E-state index contributed by atoms with van der Waals surface area (Å²) >= 11 is 0. The Hall–Kier alpha value is -1.89. The number of nitrogens with zero attached hydrogens (tertiary/aromatic N) is 2. The average molecular weight is 385 g/mol. The molecule has 8 heteroatoms. The summed E-state index contributed by atoms with van der Waals surface area (Å²) < 4.78 is 5.60. The molecule has 0 spiro atoms. The third kappa shape index (κ3) is 6.49. The Morgan fingerprint density at radius 2 is 2.20 bits per heavy atom. The van der Waals surface area contributed by atoms with Crippen LogP contribution in [0.2, 0.25) is 0 Å². The first-order valence-electron chi connectivity index (χ1n) is 7.84. The van der Waals surface area contributed by atoms with Crippen molar-refractivity contribution in [2.75, 3.05) is 19.6 Å². The number of hydrogen-bond donors (Lipinski definition) is 2. The van der Waals surface area contributed by atoms with Crippen molar-refractivity contribution in [3.05, 3.63) is 48.4 Å². The molecule has 1 aromatic heterocycles. The molecule has 0 aliphatic carbocycles. The van der Waals surface area contributed by atoms with E-state index in [9.17, 15) is 4.79 Å². The van der Waals surface area contributed by atoms with Gasteiger partial charge >= 0.3 is 0 Å². The van der Waals surface area contributed by atoms with Gasteiger partial charge in [-0.3, -0.25) is 9.78 Å². The van der Waals surface area contributed by atoms with Crippen LogP contribution in [0, 0.1) is 5.92 Å². The van der Waals surface area contributed by atoms with Crippen molar-refractivity contribution in [1.82, 2.24) is 20.6 Å². The molecular formula is C17H22Cl2N4O2. The fourth-order valence-electron chi connectivity index (χ4n) is 2.60. The number of hydrogen-bond acceptors (Lipinski definition) is 5. The van der Waals surface area contributed by atoms with Crippen LogP contribution in [0.1, 0.15) is 23.2 Å². The summed E-state index contributed by atoms with van der Waals surface area (Å²) in [6, 6.07) is 7.07. The number of carbonyl (C=O) groups excluding carboxylic acids is 1. The van der Waals surface area contributed by atoms with Gasteiger partial charge in [0.2, 0.25) is 5.88 Å². The summed E-state index contributed by atoms with van der Waals surface area (Å²) in [5.41, 5.74) is 0.579. The number of rotatable bonds is 5. The Labute approximate surface area is 159 Å². The van der Waals surface area contributed by atoms with Gasteiger partial charge in [-0.05, 0) is 50.0 Å². The second-order valence-electron chi connectivity index (χ2n) is 5.60. The maximum atomic E-state index is 12.3. The third-order valence-electron chi connectivity index (χ3n) is 3.81. The molecule has 2 N–H and O–H groups in total. The van der Waals surface area contributed by atoms with E-state index < -0.39 is 0 Å². The molecule has 3 rings (SSSR count). The average Bonchev–Trinajstić information content (AvgIpc) is 2.62. The molecule has 0 radical (unpaired) electrons. The van der Waals surface area contributed by atoms with Gasteiger partial charge in [-0.1, -0.05) is 6.07 Å². The maximum Gasteiger partial charge on any atom is 0.251 e. The van der Waals surface area contributed by atoms with Crippen molar-refractivity contribution >= 4 is 30.7 Å². The zero-order chi connectivity index (χ0) is 15.9. The monoisotopic (exact) mass is 384 g/mol. The Bertz CT molecular complexity index is 652. The highest BCUT2D eigenvalue weighted by Gasteiger charge is 2.14. The third-order valence-corrected chi connectivity index (χ3v) is 3.81. The van der Waals surface area contributed by atoms with E-state index in [-0.39, 0.29) is 30.7 Å². The molecule has 1 aliphatic rings. The molecule has 1 aliphatic heterocycles. The normalized spacial score (nSPS) is 16.1. The minimum atomic E-state index is -0.0832. The van der Waals surface area contributed by atoms with E-state index in [1.807, 2.05) is 0 Å². The largest absolute Gasteiger partial charge is 0.437 e. The molecule has 1 unspecified atom stereocenters. The van der Waals surface area contributed by atoms with Crippen molar-refractivity contribution in [2.45, 2.75) is 12.8 Å². The molecule has 1 aromatic carbocycles. The standard InChI is InChI=1S/C17H20N4O2.2ClH/c22-17(21-11-13-3-2-6-18-10-13)14-4-1-5-15(9-14)23-16-12-19-7-8-20-16;;/h1,4-5,7-9,12-13,18H,2-3,6,10-11H2,(H,21,22);2*1H. The van der Waals surface area contributed by atoms with Gasteiger partial charge in [-0.2, -0.15) is 0 Å². The van der Waals surface area contributed by atoms with Gasteiger partial charge in [0.1, 0.15) is 5.75 Å². The highest BCUT2D eigenvalue weighted by atomic mass is 35.5. The summed E-state index contributed by atoms with van der Waals surface area (Å²) in [6.07, 6.45) is 6.99. The van der Waals surface area contributed by atoms with Crippen LogP contribution >= 0.6 is 24.8 Å². The Morgan fingerprint density at radius 1 is 1.32 bits per heavy atom. The van der Waals surface area contributed by atoms with Gasteiger partial charge in [-0.15, -0.1) is 24.8 Å². The van der Waals surface area contributed by atoms with Crippen molar-refractivity contribution < 1.29 is 9.53 Å². The molecule has 25 heavy (non-hydrogen) atoms. The number of ether oxygens (including phenoxy) is 1. The first kappa shape index (κ1) is 21.2. The van der Waals surface area contributed by atoms with E-state index in [0.29, 0.717) is 29.7 Å². The van der Waals surface area contributed by atoms with Crippen LogP contribution < -0.4 is 15.4 Å². The highest BCUT2D eigenvalue weighted by Crippen LogP contribution is 2.19. The number of aromatic nitrogens is 2. The Morgan fingerprint density at radius 3 is 2.92 bits per heavy atom. The SMILES string of the molecule is Cl.Cl.O=C(NCC1CCCNC1)c1cccc(Oc2cnccn2)c1. The molecule has 1 atom stereocenters. The number of nitrogens with one attached hydrogen (secondary N) is 2. The van der Waals surface area contributed by atoms with Gasteiger partial charge in [0.15, 0.2) is 0 Å². The molecule has 136 valence electrons. The van der Waals surface area contributed by atoms with Crippen LogP contribution in [0.25, 0.3) is 0 Å². The second-order valence-corrected chi connectivity index (χ2v) is 5.60. The number of carbonyl (C=O) groups is 1. The molecule has 1 fully saturated rings. The van der Waals surface area contributed by atoms with Crippen LogP contribution in [-0.2, 0) is 0 Å². The summed E-state index contributed by atoms with van der Waals surface area (Å²) in [7, 11) is 0. The van der Waals surface area contributed by atoms with E-state index in [1.54, 1.807) is 36.7 Å². The fourth-order valence-corrected chi connectivity index (χ4v) is 2.60. The lowest BCUT2D eigenvalue weighted by Crippen LogP contribution is -2.38. The van der Waals surface area contributed by atoms with Gasteiger partial charge in [0.25, 0.3) is 5.91 Å². The van der Waals surface area contributed by atoms with Crippen LogP contribution in [-0.4, -0.2) is 35.5 Å². The second kappa shape index (κ2) is 10.9. The van der Waals surface area contributed by atoms with Crippen LogP contribution in [0.3, 0.4) is 0 Å². The summed E-state index contributed by atoms with van der Waals surface area (Å²) in [5.74, 6) is 1.39. The van der Waals surface area contributed by atoms with Crippen LogP contribution in [0.4, 0.5) is 0 Å². The molecular weight excluding hydrogens is 363 g/mol. The number of amides is 1. The number of halogens is 2. The van der Waals surface area contributed by atoms with E-state index in [1.165, 1.54) is 12.6 Å². The van der Waals surface area contributed by atoms with Crippen molar-refractivity contribution in [3.8, 4) is 11.6 Å². The van der Waals surface area contributed by atoms with E-state index in [0.717, 1.165) is 19.5 Å². The van der Waals surface area contributed by atoms with E-state index >= 15 is 0 Å². The number of benzene rings is 1. The molecule has 2 aromatic rings. The van der Waals surface area contributed by atoms with E-state index in [4.69, 9.17) is 4.74 Å². The Balaban J connectivity index is 0.00000156. The van der Waals surface area contributed by atoms with Gasteiger partial charge in [0.05, 0.1) is 6.20 Å². The molecule has 0 saturated carbocycles. The van der Waals surface area contributed by atoms with Crippen molar-refractivity contribution in [1.29, 1.82) is 0 Å². The Kier molecular flexibility index (Phi) is 9.20. The van der Waals surface area contributed by atoms with E-state index in [2.05, 4.69) is 20.6 Å². The number of piperidine rings is 1. The predicted molar refractivity (Wildman–Crippen MR) is 101 cm³/mol. The molecule has 0 bridgehead atoms. The minimum Gasteiger partial charge on any atom is -0.437 e. The fraction of sp³-hybridized carbons (Fsp3) is 0.353. The minimum absolute atomic E-state index is 0. The molecule has 6 nitrogen and oxygen atoms in total. The first-order valence-corrected chi connectivity index (χ1v) is 7.84. The van der Waals surface area contributed by atoms with Crippen molar-refractivity contribution in [3.63, 3.8) is 0 Å². The zero-order valence-corrected chi connectivity index (χ0v) is 15.3. The maximum absolute atomic E-state index is 12.3. The van der Waals surface area contributed by atoms with Gasteiger partial charge in [0, 0.05) is 24.5 Å². The first-order chi connectivity index (χ1) is 11.3. The van der Waals surface area contributed by atoms with Gasteiger partial charge < -0.3 is 15.4 Å². The zero-order valence-electron chi connectivity index (χ0n) is 13.7. The lowest BCUT2D eigenvalue weighted by atomic mass is 9.99. The molecule has 1 saturated heterocycles. The predicted octanol–water partition coefficient (Wildman–Crippen LogP) is 2.84. The van der Waals surface area contributed by atoms with Gasteiger partial charge in [-0.25, -0.2) is 4.98 Å². The van der Waals surface area contributed by atoms with Crippen LogP contribution in [0.5, 0.6) is 11.6 Å². The molecule has 1 amide bonds. The van der Waals surface area contributed by atoms with Crippen molar-refractivity contribution in [2.24, 2.45) is 5.92 Å². The topological polar surface area (TPSA) is 76.1 Å². The van der Waals surface area contributed by atoms with Crippen LogP contribution in [0.15, 0.2) is 42.9 Å². The smallest absolute Gasteiger partial charge is 0.251 e. The molecule has 2 heterocycles.